The van der Waals surface area contributed by atoms with Crippen molar-refractivity contribution in [2.24, 2.45) is 0 Å². The molecule has 4 heteroatoms. The molecular weight excluding hydrogens is 266 g/mol. The van der Waals surface area contributed by atoms with Gasteiger partial charge in [-0.3, -0.25) is 0 Å². The van der Waals surface area contributed by atoms with Crippen LogP contribution in [0.5, 0.6) is 0 Å². The number of benzene rings is 2. The maximum atomic E-state index is 5.88. The van der Waals surface area contributed by atoms with Gasteiger partial charge in [-0.25, -0.2) is 0 Å². The molecule has 0 heterocycles. The van der Waals surface area contributed by atoms with Crippen LogP contribution in [0.25, 0.3) is 0 Å². The van der Waals surface area contributed by atoms with Gasteiger partial charge in [0.15, 0.2) is 0 Å². The van der Waals surface area contributed by atoms with Crippen molar-refractivity contribution in [1.29, 1.82) is 0 Å². The second-order valence-corrected chi connectivity index (χ2v) is 4.40. The maximum Gasteiger partial charge on any atom is 0.0618 e. The summed E-state index contributed by atoms with van der Waals surface area (Å²) >= 11 is 3.37. The molecule has 0 amide bonds. The number of nitrogens with one attached hydrogen (secondary N) is 1. The van der Waals surface area contributed by atoms with E-state index in [0.717, 1.165) is 21.5 Å². The Hall–Kier alpha value is -1.68. The van der Waals surface area contributed by atoms with Gasteiger partial charge in [-0.15, -0.1) is 0 Å². The predicted molar refractivity (Wildman–Crippen MR) is 72.7 cm³/mol. The lowest BCUT2D eigenvalue weighted by atomic mass is 10.2. The van der Waals surface area contributed by atoms with Crippen LogP contribution in [0.1, 0.15) is 0 Å². The van der Waals surface area contributed by atoms with Crippen molar-refractivity contribution < 1.29 is 0 Å². The van der Waals surface area contributed by atoms with Crippen molar-refractivity contribution in [3.05, 3.63) is 46.9 Å². The molecule has 0 bridgehead atoms. The van der Waals surface area contributed by atoms with Gasteiger partial charge in [0.25, 0.3) is 0 Å². The van der Waals surface area contributed by atoms with Crippen molar-refractivity contribution in [2.75, 3.05) is 16.8 Å². The van der Waals surface area contributed by atoms with Crippen LogP contribution in [-0.2, 0) is 0 Å². The van der Waals surface area contributed by atoms with E-state index in [0.29, 0.717) is 5.69 Å². The molecule has 0 spiro atoms. The summed E-state index contributed by atoms with van der Waals surface area (Å²) in [6, 6.07) is 13.3. The first-order valence-electron chi connectivity index (χ1n) is 4.83. The smallest absolute Gasteiger partial charge is 0.0618 e. The average Bonchev–Trinajstić information content (AvgIpc) is 2.22. The molecule has 82 valence electrons. The fourth-order valence-electron chi connectivity index (χ4n) is 1.42. The fraction of sp³-hybridized carbons (Fsp3) is 0. The van der Waals surface area contributed by atoms with E-state index in [1.807, 2.05) is 42.5 Å². The lowest BCUT2D eigenvalue weighted by Crippen LogP contribution is -1.96. The third kappa shape index (κ3) is 2.46. The van der Waals surface area contributed by atoms with Crippen LogP contribution in [0.15, 0.2) is 46.9 Å². The van der Waals surface area contributed by atoms with Crippen LogP contribution in [0.3, 0.4) is 0 Å². The van der Waals surface area contributed by atoms with Gasteiger partial charge in [-0.1, -0.05) is 22.0 Å². The molecule has 0 saturated carbocycles. The lowest BCUT2D eigenvalue weighted by Gasteiger charge is -2.10. The third-order valence-electron chi connectivity index (χ3n) is 2.18. The molecule has 3 nitrogen and oxygen atoms in total. The zero-order valence-electron chi connectivity index (χ0n) is 8.57. The van der Waals surface area contributed by atoms with Gasteiger partial charge in [0.2, 0.25) is 0 Å². The Balaban J connectivity index is 2.27. The zero-order valence-corrected chi connectivity index (χ0v) is 10.2. The number of anilines is 4. The standard InChI is InChI=1S/C12H12BrN3/c13-8-4-5-12(11(15)6-8)16-10-3-1-2-9(14)7-10/h1-7,16H,14-15H2. The van der Waals surface area contributed by atoms with Crippen LogP contribution in [0, 0.1) is 0 Å². The minimum atomic E-state index is 0.691. The Kier molecular flexibility index (Phi) is 3.01. The Morgan fingerprint density at radius 3 is 2.50 bits per heavy atom. The highest BCUT2D eigenvalue weighted by Crippen LogP contribution is 2.26. The van der Waals surface area contributed by atoms with E-state index < -0.39 is 0 Å². The van der Waals surface area contributed by atoms with E-state index in [2.05, 4.69) is 21.2 Å². The van der Waals surface area contributed by atoms with Crippen molar-refractivity contribution in [3.8, 4) is 0 Å². The number of hydrogen-bond acceptors (Lipinski definition) is 3. The summed E-state index contributed by atoms with van der Waals surface area (Å²) in [4.78, 5) is 0. The normalized spacial score (nSPS) is 10.1. The highest BCUT2D eigenvalue weighted by Gasteiger charge is 2.00. The first-order chi connectivity index (χ1) is 7.65. The van der Waals surface area contributed by atoms with E-state index in [1.54, 1.807) is 0 Å². The summed E-state index contributed by atoms with van der Waals surface area (Å²) in [7, 11) is 0. The molecule has 0 aliphatic carbocycles. The summed E-state index contributed by atoms with van der Waals surface area (Å²) in [6.45, 7) is 0. The number of rotatable bonds is 2. The Morgan fingerprint density at radius 2 is 1.81 bits per heavy atom. The molecule has 0 fully saturated rings. The largest absolute Gasteiger partial charge is 0.399 e. The monoisotopic (exact) mass is 277 g/mol. The van der Waals surface area contributed by atoms with Gasteiger partial charge < -0.3 is 16.8 Å². The van der Waals surface area contributed by atoms with Crippen LogP contribution in [0.4, 0.5) is 22.7 Å². The van der Waals surface area contributed by atoms with Gasteiger partial charge in [0.1, 0.15) is 0 Å². The molecule has 2 aromatic rings. The molecule has 2 rings (SSSR count). The van der Waals surface area contributed by atoms with Crippen LogP contribution >= 0.6 is 15.9 Å². The van der Waals surface area contributed by atoms with Crippen LogP contribution in [-0.4, -0.2) is 0 Å². The molecule has 0 aliphatic heterocycles. The van der Waals surface area contributed by atoms with E-state index in [1.165, 1.54) is 0 Å². The lowest BCUT2D eigenvalue weighted by molar-refractivity contribution is 1.53. The zero-order chi connectivity index (χ0) is 11.5. The fourth-order valence-corrected chi connectivity index (χ4v) is 1.80. The van der Waals surface area contributed by atoms with E-state index in [9.17, 15) is 0 Å². The summed E-state index contributed by atoms with van der Waals surface area (Å²) in [5, 5.41) is 3.21. The highest BCUT2D eigenvalue weighted by molar-refractivity contribution is 9.10. The predicted octanol–water partition coefficient (Wildman–Crippen LogP) is 3.36. The number of hydrogen-bond donors (Lipinski definition) is 3. The molecule has 2 aromatic carbocycles. The Labute approximate surface area is 103 Å². The molecule has 0 atom stereocenters. The molecule has 0 radical (unpaired) electrons. The molecule has 0 saturated heterocycles. The van der Waals surface area contributed by atoms with Crippen molar-refractivity contribution in [3.63, 3.8) is 0 Å². The summed E-state index contributed by atoms with van der Waals surface area (Å²) in [6.07, 6.45) is 0. The second-order valence-electron chi connectivity index (χ2n) is 3.48. The molecular formula is C12H12BrN3. The topological polar surface area (TPSA) is 64.1 Å². The first-order valence-corrected chi connectivity index (χ1v) is 5.62. The number of nitrogen functional groups attached to an aromatic ring is 2. The highest BCUT2D eigenvalue weighted by atomic mass is 79.9. The van der Waals surface area contributed by atoms with Gasteiger partial charge >= 0.3 is 0 Å². The number of halogens is 1. The van der Waals surface area contributed by atoms with Gasteiger partial charge in [0.05, 0.1) is 11.4 Å². The van der Waals surface area contributed by atoms with E-state index >= 15 is 0 Å². The van der Waals surface area contributed by atoms with Gasteiger partial charge in [-0.2, -0.15) is 0 Å². The van der Waals surface area contributed by atoms with Gasteiger partial charge in [0, 0.05) is 15.8 Å². The molecule has 16 heavy (non-hydrogen) atoms. The van der Waals surface area contributed by atoms with E-state index in [4.69, 9.17) is 11.5 Å². The third-order valence-corrected chi connectivity index (χ3v) is 2.67. The second kappa shape index (κ2) is 4.45. The number of nitrogens with two attached hydrogens (primary N) is 2. The van der Waals surface area contributed by atoms with Crippen molar-refractivity contribution in [1.82, 2.24) is 0 Å². The van der Waals surface area contributed by atoms with Crippen LogP contribution in [0.2, 0.25) is 0 Å². The molecule has 0 aliphatic rings. The van der Waals surface area contributed by atoms with Gasteiger partial charge in [-0.05, 0) is 36.4 Å². The van der Waals surface area contributed by atoms with E-state index in [-0.39, 0.29) is 0 Å². The van der Waals surface area contributed by atoms with Crippen molar-refractivity contribution >= 4 is 38.7 Å². The summed E-state index contributed by atoms with van der Waals surface area (Å²) in [5.74, 6) is 0. The molecule has 0 unspecified atom stereocenters. The average molecular weight is 278 g/mol. The minimum Gasteiger partial charge on any atom is -0.399 e. The Morgan fingerprint density at radius 1 is 1.00 bits per heavy atom. The van der Waals surface area contributed by atoms with Crippen molar-refractivity contribution in [2.45, 2.75) is 0 Å². The maximum absolute atomic E-state index is 5.88. The minimum absolute atomic E-state index is 0.691. The molecule has 5 N–H and O–H groups in total. The quantitative estimate of drug-likeness (QED) is 0.738. The summed E-state index contributed by atoms with van der Waals surface area (Å²) < 4.78 is 0.961. The summed E-state index contributed by atoms with van der Waals surface area (Å²) in [5.41, 5.74) is 14.8. The first kappa shape index (κ1) is 10.8. The molecule has 0 aromatic heterocycles. The SMILES string of the molecule is Nc1cccc(Nc2ccc(Br)cc2N)c1. The van der Waals surface area contributed by atoms with Crippen LogP contribution < -0.4 is 16.8 Å². The Bertz CT molecular complexity index is 511.